The fourth-order valence-corrected chi connectivity index (χ4v) is 4.23. The molecule has 0 atom stereocenters. The summed E-state index contributed by atoms with van der Waals surface area (Å²) in [6.07, 6.45) is 0. The molecule has 0 aliphatic heterocycles. The van der Waals surface area contributed by atoms with Crippen LogP contribution in [0.4, 0.5) is 8.78 Å². The highest BCUT2D eigenvalue weighted by atomic mass is 32.2. The number of halogens is 2. The van der Waals surface area contributed by atoms with Crippen molar-refractivity contribution in [2.24, 2.45) is 0 Å². The third-order valence-corrected chi connectivity index (χ3v) is 6.10. The Hall–Kier alpha value is -1.61. The molecule has 0 bridgehead atoms. The number of rotatable bonds is 6. The first-order valence-electron chi connectivity index (χ1n) is 6.04. The van der Waals surface area contributed by atoms with Crippen molar-refractivity contribution in [3.05, 3.63) is 48.0 Å². The number of sulfone groups is 1. The van der Waals surface area contributed by atoms with Crippen molar-refractivity contribution in [1.82, 2.24) is 0 Å². The zero-order valence-corrected chi connectivity index (χ0v) is 14.2. The van der Waals surface area contributed by atoms with Crippen molar-refractivity contribution in [2.45, 2.75) is 19.6 Å². The Labute approximate surface area is 144 Å². The second-order valence-electron chi connectivity index (χ2n) is 4.39. The van der Waals surface area contributed by atoms with E-state index in [2.05, 4.69) is 9.37 Å². The van der Waals surface area contributed by atoms with E-state index in [0.717, 1.165) is 24.3 Å². The van der Waals surface area contributed by atoms with Crippen LogP contribution in [0.3, 0.4) is 0 Å². The lowest BCUT2D eigenvalue weighted by atomic mass is 10.3. The fraction of sp³-hybridized carbons (Fsp3) is 0. The van der Waals surface area contributed by atoms with Gasteiger partial charge >= 0.3 is 0 Å². The molecule has 0 aliphatic rings. The average Bonchev–Trinajstić information content (AvgIpc) is 2.53. The van der Waals surface area contributed by atoms with Crippen LogP contribution in [0.2, 0.25) is 0 Å². The van der Waals surface area contributed by atoms with Gasteiger partial charge in [0.25, 0.3) is 10.1 Å². The van der Waals surface area contributed by atoms with Crippen LogP contribution in [0.25, 0.3) is 0 Å². The Morgan fingerprint density at radius 1 is 0.920 bits per heavy atom. The molecular formula is C12H8F2O8S3. The lowest BCUT2D eigenvalue weighted by Gasteiger charge is -2.08. The van der Waals surface area contributed by atoms with Gasteiger partial charge in [-0.05, 0) is 36.4 Å². The number of hydrogen-bond acceptors (Lipinski definition) is 8. The Bertz CT molecular complexity index is 1010. The van der Waals surface area contributed by atoms with Crippen molar-refractivity contribution < 1.29 is 44.8 Å². The van der Waals surface area contributed by atoms with Crippen LogP contribution in [0.15, 0.2) is 56.0 Å². The van der Waals surface area contributed by atoms with Gasteiger partial charge in [0.05, 0.1) is 26.7 Å². The normalized spacial score (nSPS) is 12.3. The van der Waals surface area contributed by atoms with Gasteiger partial charge in [-0.15, -0.1) is 4.33 Å². The molecule has 0 saturated carbocycles. The lowest BCUT2D eigenvalue weighted by molar-refractivity contribution is -0.432. The minimum Gasteiger partial charge on any atom is -0.282 e. The molecular weight excluding hydrogens is 406 g/mol. The zero-order chi connectivity index (χ0) is 18.8. The van der Waals surface area contributed by atoms with E-state index < -0.39 is 46.3 Å². The van der Waals surface area contributed by atoms with Crippen LogP contribution in [0.5, 0.6) is 0 Å². The first kappa shape index (κ1) is 19.7. The molecule has 13 heteroatoms. The quantitative estimate of drug-likeness (QED) is 0.241. The van der Waals surface area contributed by atoms with E-state index in [1.54, 1.807) is 0 Å². The first-order chi connectivity index (χ1) is 11.6. The molecule has 0 amide bonds. The monoisotopic (exact) mass is 414 g/mol. The van der Waals surface area contributed by atoms with Crippen LogP contribution in [-0.2, 0) is 29.3 Å². The van der Waals surface area contributed by atoms with E-state index in [4.69, 9.17) is 9.81 Å². The largest absolute Gasteiger partial charge is 0.297 e. The molecule has 0 spiro atoms. The van der Waals surface area contributed by atoms with Gasteiger partial charge in [-0.3, -0.25) is 4.55 Å². The van der Waals surface area contributed by atoms with Crippen LogP contribution >= 0.6 is 12.0 Å². The van der Waals surface area contributed by atoms with Crippen LogP contribution in [-0.4, -0.2) is 26.6 Å². The summed E-state index contributed by atoms with van der Waals surface area (Å²) in [6, 6.07) is 4.25. The molecule has 2 N–H and O–H groups in total. The minimum absolute atomic E-state index is 0.175. The first-order valence-corrected chi connectivity index (χ1v) is 9.70. The highest BCUT2D eigenvalue weighted by molar-refractivity contribution is 7.94. The summed E-state index contributed by atoms with van der Waals surface area (Å²) < 4.78 is 87.2. The maximum Gasteiger partial charge on any atom is 0.297 e. The molecule has 0 unspecified atom stereocenters. The Morgan fingerprint density at radius 3 is 2.04 bits per heavy atom. The van der Waals surface area contributed by atoms with E-state index in [9.17, 15) is 25.6 Å². The summed E-state index contributed by atoms with van der Waals surface area (Å²) in [4.78, 5) is -2.72. The summed E-state index contributed by atoms with van der Waals surface area (Å²) in [6.45, 7) is 0. The van der Waals surface area contributed by atoms with E-state index >= 15 is 0 Å². The van der Waals surface area contributed by atoms with Gasteiger partial charge in [-0.1, -0.05) is 5.04 Å². The summed E-state index contributed by atoms with van der Waals surface area (Å²) in [5.74, 6) is -2.23. The van der Waals surface area contributed by atoms with Gasteiger partial charge in [0.2, 0.25) is 9.84 Å². The molecule has 0 aromatic heterocycles. The fourth-order valence-electron chi connectivity index (χ4n) is 1.75. The number of benzene rings is 2. The van der Waals surface area contributed by atoms with E-state index in [0.29, 0.717) is 12.1 Å². The van der Waals surface area contributed by atoms with Crippen LogP contribution < -0.4 is 0 Å². The Kier molecular flexibility index (Phi) is 5.78. The third-order valence-electron chi connectivity index (χ3n) is 2.86. The standard InChI is InChI=1S/C12H8F2O8S3/c13-9-3-1-7(5-11(9)23-22-21-15)24(16,17)8-2-4-10(14)12(6-8)25(18,19)20/h1-6,15H,(H,18,19,20). The maximum absolute atomic E-state index is 13.6. The maximum atomic E-state index is 13.6. The van der Waals surface area contributed by atoms with E-state index in [1.807, 2.05) is 0 Å². The molecule has 8 nitrogen and oxygen atoms in total. The van der Waals surface area contributed by atoms with Crippen molar-refractivity contribution in [3.8, 4) is 0 Å². The lowest BCUT2D eigenvalue weighted by Crippen LogP contribution is -2.07. The summed E-state index contributed by atoms with van der Waals surface area (Å²) in [7, 11) is -9.38. The zero-order valence-electron chi connectivity index (χ0n) is 11.8. The van der Waals surface area contributed by atoms with Gasteiger partial charge in [-0.2, -0.15) is 8.42 Å². The highest BCUT2D eigenvalue weighted by Gasteiger charge is 2.24. The van der Waals surface area contributed by atoms with Crippen molar-refractivity contribution in [3.63, 3.8) is 0 Å². The molecule has 2 aromatic carbocycles. The summed E-state index contributed by atoms with van der Waals surface area (Å²) in [5.41, 5.74) is 0. The topological polar surface area (TPSA) is 127 Å². The van der Waals surface area contributed by atoms with Crippen molar-refractivity contribution in [1.29, 1.82) is 0 Å². The second kappa shape index (κ2) is 7.33. The SMILES string of the molecule is O=S(=O)(O)c1cc(S(=O)(=O)c2ccc(F)c(SOOO)c2)ccc1F. The number of hydrogen-bond donors (Lipinski definition) is 2. The highest BCUT2D eigenvalue weighted by Crippen LogP contribution is 2.30. The smallest absolute Gasteiger partial charge is 0.282 e. The Balaban J connectivity index is 2.56. The Morgan fingerprint density at radius 2 is 1.48 bits per heavy atom. The van der Waals surface area contributed by atoms with E-state index in [-0.39, 0.29) is 16.9 Å². The van der Waals surface area contributed by atoms with Crippen molar-refractivity contribution >= 4 is 32.0 Å². The van der Waals surface area contributed by atoms with Crippen LogP contribution in [0, 0.1) is 11.6 Å². The predicted octanol–water partition coefficient (Wildman–Crippen LogP) is 2.47. The molecule has 136 valence electrons. The van der Waals surface area contributed by atoms with Gasteiger partial charge in [0, 0.05) is 0 Å². The van der Waals surface area contributed by atoms with Gasteiger partial charge < -0.3 is 0 Å². The second-order valence-corrected chi connectivity index (χ2v) is 8.47. The molecule has 0 heterocycles. The van der Waals surface area contributed by atoms with Gasteiger partial charge in [0.15, 0.2) is 0 Å². The molecule has 0 saturated heterocycles. The third kappa shape index (κ3) is 4.33. The summed E-state index contributed by atoms with van der Waals surface area (Å²) in [5, 5.41) is 11.3. The molecule has 2 rings (SSSR count). The summed E-state index contributed by atoms with van der Waals surface area (Å²) >= 11 is 0.175. The molecule has 0 radical (unpaired) electrons. The van der Waals surface area contributed by atoms with Crippen molar-refractivity contribution in [2.75, 3.05) is 0 Å². The minimum atomic E-state index is -4.99. The van der Waals surface area contributed by atoms with Crippen LogP contribution in [0.1, 0.15) is 0 Å². The molecule has 0 aliphatic carbocycles. The molecule has 2 aromatic rings. The average molecular weight is 414 g/mol. The molecule has 0 fully saturated rings. The van der Waals surface area contributed by atoms with Gasteiger partial charge in [-0.25, -0.2) is 22.5 Å². The van der Waals surface area contributed by atoms with E-state index in [1.165, 1.54) is 0 Å². The predicted molar refractivity (Wildman–Crippen MR) is 78.7 cm³/mol. The van der Waals surface area contributed by atoms with Gasteiger partial charge in [0.1, 0.15) is 16.5 Å². The molecule has 25 heavy (non-hydrogen) atoms.